The Morgan fingerprint density at radius 1 is 1.09 bits per heavy atom. The highest BCUT2D eigenvalue weighted by molar-refractivity contribution is 8.03. The Kier molecular flexibility index (Phi) is 8.55. The van der Waals surface area contributed by atoms with E-state index in [1.807, 2.05) is 50.2 Å². The van der Waals surface area contributed by atoms with Crippen LogP contribution in [0.4, 0.5) is 11.4 Å². The summed E-state index contributed by atoms with van der Waals surface area (Å²) < 4.78 is 0. The van der Waals surface area contributed by atoms with E-state index in [0.29, 0.717) is 30.1 Å². The number of anilines is 2. The van der Waals surface area contributed by atoms with E-state index in [9.17, 15) is 34.5 Å². The lowest BCUT2D eigenvalue weighted by molar-refractivity contribution is -0.163. The molecule has 2 aromatic carbocycles. The molecule has 12 heteroatoms. The van der Waals surface area contributed by atoms with Crippen LogP contribution in [0.25, 0.3) is 0 Å². The van der Waals surface area contributed by atoms with E-state index in [1.54, 1.807) is 19.1 Å². The first-order valence-corrected chi connectivity index (χ1v) is 15.0. The van der Waals surface area contributed by atoms with E-state index >= 15 is 0 Å². The molecule has 0 aliphatic carbocycles. The smallest absolute Gasteiger partial charge is 0.353 e. The van der Waals surface area contributed by atoms with Crippen molar-refractivity contribution in [3.8, 4) is 0 Å². The van der Waals surface area contributed by atoms with Gasteiger partial charge in [0.15, 0.2) is 0 Å². The number of β-lactam (4-membered cyclic amide) rings is 1. The number of hydrogen-bond donors (Lipinski definition) is 4. The van der Waals surface area contributed by atoms with Crippen molar-refractivity contribution in [3.63, 3.8) is 0 Å². The number of nitrogens with one attached hydrogen (secondary N) is 1. The summed E-state index contributed by atoms with van der Waals surface area (Å²) in [5, 5.41) is 32.3. The lowest BCUT2D eigenvalue weighted by Gasteiger charge is -2.46. The molecule has 4 N–H and O–H groups in total. The number of aromatic carboxylic acids is 1. The van der Waals surface area contributed by atoms with Crippen molar-refractivity contribution in [1.29, 1.82) is 0 Å². The predicted octanol–water partition coefficient (Wildman–Crippen LogP) is 2.92. The van der Waals surface area contributed by atoms with E-state index < -0.39 is 36.0 Å². The van der Waals surface area contributed by atoms with Gasteiger partial charge in [0.05, 0.1) is 29.7 Å². The number of carbonyl (C=O) groups excluding carboxylic acids is 2. The molecule has 228 valence electrons. The predicted molar refractivity (Wildman–Crippen MR) is 163 cm³/mol. The molecule has 2 fully saturated rings. The highest BCUT2D eigenvalue weighted by Gasteiger charge is 2.60. The number of likely N-dealkylation sites (tertiary alicyclic amines) is 1. The molecule has 0 radical (unpaired) electrons. The van der Waals surface area contributed by atoms with Crippen LogP contribution in [-0.4, -0.2) is 93.0 Å². The molecular formula is C31H36N4O7S. The number of aliphatic hydroxyl groups excluding tert-OH is 1. The molecule has 1 unspecified atom stereocenters. The number of aliphatic carboxylic acids is 1. The van der Waals surface area contributed by atoms with Gasteiger partial charge in [-0.3, -0.25) is 14.5 Å². The topological polar surface area (TPSA) is 151 Å². The van der Waals surface area contributed by atoms with Gasteiger partial charge in [0.25, 0.3) is 0 Å². The van der Waals surface area contributed by atoms with Gasteiger partial charge < -0.3 is 30.4 Å². The molecule has 0 spiro atoms. The number of carboxylic acid groups (broad SMARTS) is 2. The van der Waals surface area contributed by atoms with Crippen molar-refractivity contribution in [2.45, 2.75) is 50.3 Å². The molecule has 6 atom stereocenters. The summed E-state index contributed by atoms with van der Waals surface area (Å²) in [6.45, 7) is 4.41. The van der Waals surface area contributed by atoms with Gasteiger partial charge in [-0.2, -0.15) is 0 Å². The van der Waals surface area contributed by atoms with Crippen LogP contribution in [-0.2, 0) is 20.9 Å². The Morgan fingerprint density at radius 3 is 2.40 bits per heavy atom. The Bertz CT molecular complexity index is 1470. The summed E-state index contributed by atoms with van der Waals surface area (Å²) in [6.07, 6.45) is -0.462. The van der Waals surface area contributed by atoms with Crippen molar-refractivity contribution in [1.82, 2.24) is 9.80 Å². The van der Waals surface area contributed by atoms with Crippen LogP contribution in [0.3, 0.4) is 0 Å². The van der Waals surface area contributed by atoms with E-state index in [2.05, 4.69) is 10.2 Å². The van der Waals surface area contributed by atoms with Gasteiger partial charge in [0, 0.05) is 54.6 Å². The Labute approximate surface area is 254 Å². The van der Waals surface area contributed by atoms with Gasteiger partial charge in [-0.25, -0.2) is 9.59 Å². The molecule has 0 bridgehead atoms. The quantitative estimate of drug-likeness (QED) is 0.297. The Balaban J connectivity index is 1.39. The fourth-order valence-corrected chi connectivity index (χ4v) is 7.90. The monoisotopic (exact) mass is 608 g/mol. The zero-order chi connectivity index (χ0) is 31.2. The molecule has 11 nitrogen and oxygen atoms in total. The second-order valence-corrected chi connectivity index (χ2v) is 13.0. The number of thioether (sulfide) groups is 1. The van der Waals surface area contributed by atoms with Crippen LogP contribution in [0.2, 0.25) is 0 Å². The summed E-state index contributed by atoms with van der Waals surface area (Å²) >= 11 is 1.39. The molecule has 2 amide bonds. The van der Waals surface area contributed by atoms with Crippen LogP contribution in [0.15, 0.2) is 59.1 Å². The third kappa shape index (κ3) is 5.86. The van der Waals surface area contributed by atoms with E-state index in [4.69, 9.17) is 0 Å². The van der Waals surface area contributed by atoms with Gasteiger partial charge in [-0.05, 0) is 49.2 Å². The first-order chi connectivity index (χ1) is 20.4. The second kappa shape index (κ2) is 12.0. The van der Waals surface area contributed by atoms with E-state index in [-0.39, 0.29) is 34.2 Å². The first-order valence-electron chi connectivity index (χ1n) is 14.2. The maximum absolute atomic E-state index is 13.6. The normalized spacial score (nSPS) is 25.7. The molecule has 3 aliphatic rings. The van der Waals surface area contributed by atoms with Gasteiger partial charge in [0.2, 0.25) is 11.8 Å². The fourth-order valence-electron chi connectivity index (χ4n) is 6.34. The number of nitrogens with zero attached hydrogens (tertiary/aromatic N) is 3. The molecule has 0 saturated carbocycles. The molecule has 2 aromatic rings. The minimum atomic E-state index is -1.18. The number of carbonyl (C=O) groups is 4. The van der Waals surface area contributed by atoms with Crippen LogP contribution in [0, 0.1) is 11.8 Å². The molecule has 0 aromatic heterocycles. The van der Waals surface area contributed by atoms with E-state index in [0.717, 1.165) is 11.3 Å². The summed E-state index contributed by atoms with van der Waals surface area (Å²) in [7, 11) is 3.92. The zero-order valence-electron chi connectivity index (χ0n) is 24.4. The van der Waals surface area contributed by atoms with Crippen molar-refractivity contribution in [2.75, 3.05) is 30.9 Å². The Hall–Kier alpha value is -3.87. The first kappa shape index (κ1) is 30.6. The zero-order valence-corrected chi connectivity index (χ0v) is 25.2. The summed E-state index contributed by atoms with van der Waals surface area (Å²) in [6, 6.07) is 13.1. The van der Waals surface area contributed by atoms with Crippen molar-refractivity contribution >= 4 is 46.9 Å². The average Bonchev–Trinajstić information content (AvgIpc) is 3.45. The van der Waals surface area contributed by atoms with Crippen LogP contribution in [0.5, 0.6) is 0 Å². The van der Waals surface area contributed by atoms with Crippen LogP contribution in [0.1, 0.15) is 36.2 Å². The molecule has 3 aliphatic heterocycles. The molecule has 2 saturated heterocycles. The van der Waals surface area contributed by atoms with Gasteiger partial charge in [-0.15, -0.1) is 11.8 Å². The standard InChI is InChI=1S/C31H36N4O7S/c1-16-25-24(17(2)36)29(38)35(25)26(31(41)42)27(16)43-22-13-23(28(37)32-20-7-5-6-19(12-20)30(39)40)34(15-22)14-18-8-10-21(11-9-18)33(3)4/h5-12,16-17,22-25,36H,13-15H2,1-4H3,(H,32,37)(H,39,40)(H,41,42)/t16-,17-,22+,23+,24-,25?/m1/s1. The SMILES string of the molecule is C[C@H]1C(S[C@H]2C[C@@H](C(=O)Nc3cccc(C(=O)O)c3)N(Cc3ccc(N(C)C)cc3)C2)=C(C(=O)O)N2C(=O)[C@H]([C@@H](C)O)C12. The molecule has 43 heavy (non-hydrogen) atoms. The number of rotatable bonds is 10. The highest BCUT2D eigenvalue weighted by Crippen LogP contribution is 2.52. The van der Waals surface area contributed by atoms with Gasteiger partial charge in [0.1, 0.15) is 5.70 Å². The number of aliphatic hydroxyl groups is 1. The van der Waals surface area contributed by atoms with Crippen LogP contribution < -0.4 is 10.2 Å². The largest absolute Gasteiger partial charge is 0.478 e. The van der Waals surface area contributed by atoms with Gasteiger partial charge in [-0.1, -0.05) is 25.1 Å². The molecule has 5 rings (SSSR count). The lowest BCUT2D eigenvalue weighted by atomic mass is 9.79. The maximum Gasteiger partial charge on any atom is 0.353 e. The third-order valence-electron chi connectivity index (χ3n) is 8.49. The number of fused-ring (bicyclic) bond motifs is 1. The second-order valence-electron chi connectivity index (χ2n) is 11.6. The maximum atomic E-state index is 13.6. The number of hydrogen-bond acceptors (Lipinski definition) is 8. The van der Waals surface area contributed by atoms with Crippen molar-refractivity contribution in [3.05, 3.63) is 70.3 Å². The summed E-state index contributed by atoms with van der Waals surface area (Å²) in [4.78, 5) is 56.1. The Morgan fingerprint density at radius 2 is 1.79 bits per heavy atom. The molecule has 3 heterocycles. The lowest BCUT2D eigenvalue weighted by Crippen LogP contribution is -2.63. The highest BCUT2D eigenvalue weighted by atomic mass is 32.2. The summed E-state index contributed by atoms with van der Waals surface area (Å²) in [5.41, 5.74) is 2.46. The minimum absolute atomic E-state index is 0.0337. The van der Waals surface area contributed by atoms with Crippen molar-refractivity contribution in [2.24, 2.45) is 11.8 Å². The average molecular weight is 609 g/mol. The van der Waals surface area contributed by atoms with E-state index in [1.165, 1.54) is 28.8 Å². The number of carboxylic acids is 2. The van der Waals surface area contributed by atoms with Crippen LogP contribution >= 0.6 is 11.8 Å². The van der Waals surface area contributed by atoms with Gasteiger partial charge >= 0.3 is 11.9 Å². The minimum Gasteiger partial charge on any atom is -0.478 e. The summed E-state index contributed by atoms with van der Waals surface area (Å²) in [5.74, 6) is -3.85. The number of amides is 2. The number of benzene rings is 2. The third-order valence-corrected chi connectivity index (χ3v) is 9.98. The van der Waals surface area contributed by atoms with Crippen molar-refractivity contribution < 1.29 is 34.5 Å². The fraction of sp³-hybridized carbons (Fsp3) is 0.419. The molecular weight excluding hydrogens is 572 g/mol.